The van der Waals surface area contributed by atoms with Crippen molar-refractivity contribution in [3.05, 3.63) is 86.5 Å². The van der Waals surface area contributed by atoms with Gasteiger partial charge in [-0.1, -0.05) is 73.3 Å². The number of hydrogen-bond donors (Lipinski definition) is 1. The zero-order chi connectivity index (χ0) is 25.6. The first-order valence-electron chi connectivity index (χ1n) is 11.0. The molecule has 1 aromatic rings. The Kier molecular flexibility index (Phi) is 13.5. The van der Waals surface area contributed by atoms with Gasteiger partial charge in [-0.25, -0.2) is 14.1 Å². The minimum absolute atomic E-state index is 0.179. The third kappa shape index (κ3) is 8.44. The molecule has 1 N–H and O–H groups in total. The van der Waals surface area contributed by atoms with Crippen molar-refractivity contribution in [1.82, 2.24) is 14.2 Å². The second-order valence-corrected chi connectivity index (χ2v) is 11.1. The Bertz CT molecular complexity index is 845. The van der Waals surface area contributed by atoms with Crippen LogP contribution in [0, 0.1) is 0 Å². The summed E-state index contributed by atoms with van der Waals surface area (Å²) in [5.74, 6) is -0.761. The van der Waals surface area contributed by atoms with E-state index in [1.54, 1.807) is 40.6 Å². The van der Waals surface area contributed by atoms with Gasteiger partial charge >= 0.3 is 5.97 Å². The summed E-state index contributed by atoms with van der Waals surface area (Å²) in [4.78, 5) is 26.7. The number of thioether (sulfide) groups is 1. The maximum Gasteiger partial charge on any atom is 0.326 e. The zero-order valence-corrected chi connectivity index (χ0v) is 21.6. The van der Waals surface area contributed by atoms with E-state index in [0.717, 1.165) is 17.3 Å². The van der Waals surface area contributed by atoms with E-state index in [1.165, 1.54) is 4.90 Å². The van der Waals surface area contributed by atoms with Gasteiger partial charge in [-0.3, -0.25) is 9.36 Å². The van der Waals surface area contributed by atoms with Crippen LogP contribution in [0.15, 0.2) is 81.0 Å². The van der Waals surface area contributed by atoms with Gasteiger partial charge in [-0.05, 0) is 12.0 Å². The predicted molar refractivity (Wildman–Crippen MR) is 143 cm³/mol. The van der Waals surface area contributed by atoms with E-state index in [0.29, 0.717) is 5.75 Å². The Morgan fingerprint density at radius 1 is 0.971 bits per heavy atom. The molecule has 1 aromatic carbocycles. The number of hydrogen-bond acceptors (Lipinski definition) is 4. The van der Waals surface area contributed by atoms with Crippen molar-refractivity contribution in [3.63, 3.8) is 0 Å². The summed E-state index contributed by atoms with van der Waals surface area (Å²) in [5.41, 5.74) is 0.937. The molecule has 1 atom stereocenters. The molecule has 0 aliphatic carbocycles. The van der Waals surface area contributed by atoms with Gasteiger partial charge in [0.2, 0.25) is 7.44 Å². The second-order valence-electron chi connectivity index (χ2n) is 7.48. The molecule has 0 aromatic heterocycles. The third-order valence-corrected chi connectivity index (χ3v) is 9.12. The smallest absolute Gasteiger partial charge is 0.326 e. The lowest BCUT2D eigenvalue weighted by Gasteiger charge is -2.41. The Labute approximate surface area is 208 Å². The summed E-state index contributed by atoms with van der Waals surface area (Å²) in [6, 6.07) is 8.32. The van der Waals surface area contributed by atoms with E-state index in [9.17, 15) is 19.3 Å². The topological polar surface area (TPSA) is 81.2 Å². The van der Waals surface area contributed by atoms with Gasteiger partial charge in [-0.15, -0.1) is 26.3 Å². The first-order chi connectivity index (χ1) is 16.3. The van der Waals surface area contributed by atoms with Crippen molar-refractivity contribution in [2.75, 3.05) is 32.5 Å². The van der Waals surface area contributed by atoms with Crippen LogP contribution in [0.5, 0.6) is 0 Å². The highest BCUT2D eigenvalue weighted by molar-refractivity contribution is 8.12. The van der Waals surface area contributed by atoms with Crippen molar-refractivity contribution >= 4 is 30.4 Å². The molecule has 0 saturated heterocycles. The minimum atomic E-state index is -3.51. The zero-order valence-electron chi connectivity index (χ0n) is 19.9. The second kappa shape index (κ2) is 15.5. The highest BCUT2D eigenvalue weighted by Crippen LogP contribution is 2.54. The van der Waals surface area contributed by atoms with E-state index in [2.05, 4.69) is 26.3 Å². The molecule has 1 amide bonds. The van der Waals surface area contributed by atoms with Gasteiger partial charge in [0.1, 0.15) is 12.3 Å². The molecule has 7 nitrogen and oxygen atoms in total. The number of carbonyl (C=O) groups excluding carboxylic acids is 1. The van der Waals surface area contributed by atoms with Crippen molar-refractivity contribution in [2.24, 2.45) is 0 Å². The number of amides is 1. The lowest BCUT2D eigenvalue weighted by molar-refractivity contribution is -0.141. The normalized spacial score (nSPS) is 12.2. The molecule has 34 heavy (non-hydrogen) atoms. The summed E-state index contributed by atoms with van der Waals surface area (Å²) >= 11 is 1.00. The molecule has 0 bridgehead atoms. The van der Waals surface area contributed by atoms with Gasteiger partial charge in [-0.2, -0.15) is 0 Å². The highest BCUT2D eigenvalue weighted by Gasteiger charge is 2.41. The molecule has 0 aliphatic heterocycles. The minimum Gasteiger partial charge on any atom is -0.480 e. The van der Waals surface area contributed by atoms with Crippen LogP contribution in [0.1, 0.15) is 18.9 Å². The number of carbonyl (C=O) groups is 2. The molecule has 0 aliphatic rings. The number of benzene rings is 1. The molecule has 9 heteroatoms. The molecular formula is C25H36N3O4PS. The average Bonchev–Trinajstić information content (AvgIpc) is 2.82. The fraction of sp³-hybridized carbons (Fsp3) is 0.360. The van der Waals surface area contributed by atoms with Crippen molar-refractivity contribution in [2.45, 2.75) is 25.1 Å². The van der Waals surface area contributed by atoms with E-state index in [1.807, 2.05) is 30.3 Å². The molecular weight excluding hydrogens is 469 g/mol. The lowest BCUT2D eigenvalue weighted by atomic mass is 10.2. The molecule has 0 radical (unpaired) electrons. The quantitative estimate of drug-likeness (QED) is 0.215. The SMILES string of the molecule is C=CCN(CC=C)P(=O)(CN(C(=O)SCc1ccccc1)C(CC)C(=O)O)N(CC=C)CC=C. The van der Waals surface area contributed by atoms with E-state index >= 15 is 0 Å². The summed E-state index contributed by atoms with van der Waals surface area (Å²) in [7, 11) is -3.51. The largest absolute Gasteiger partial charge is 0.480 e. The monoisotopic (exact) mass is 505 g/mol. The van der Waals surface area contributed by atoms with Gasteiger partial charge in [0.15, 0.2) is 0 Å². The van der Waals surface area contributed by atoms with E-state index < -0.39 is 24.7 Å². The number of aliphatic carboxylic acids is 1. The first-order valence-corrected chi connectivity index (χ1v) is 13.8. The Morgan fingerprint density at radius 3 is 1.82 bits per heavy atom. The predicted octanol–water partition coefficient (Wildman–Crippen LogP) is 5.70. The highest BCUT2D eigenvalue weighted by atomic mass is 32.2. The third-order valence-electron chi connectivity index (χ3n) is 5.07. The summed E-state index contributed by atoms with van der Waals surface area (Å²) < 4.78 is 18.1. The van der Waals surface area contributed by atoms with Gasteiger partial charge in [0, 0.05) is 31.9 Å². The number of carboxylic acids is 1. The van der Waals surface area contributed by atoms with Gasteiger partial charge in [0.05, 0.1) is 0 Å². The summed E-state index contributed by atoms with van der Waals surface area (Å²) in [6.07, 6.45) is 6.42. The van der Waals surface area contributed by atoms with E-state index in [-0.39, 0.29) is 38.9 Å². The van der Waals surface area contributed by atoms with Crippen LogP contribution in [0.4, 0.5) is 4.79 Å². The molecule has 186 valence electrons. The van der Waals surface area contributed by atoms with Crippen molar-refractivity contribution in [1.29, 1.82) is 0 Å². The van der Waals surface area contributed by atoms with Crippen LogP contribution < -0.4 is 0 Å². The Balaban J connectivity index is 3.45. The molecule has 0 fully saturated rings. The number of nitrogens with zero attached hydrogens (tertiary/aromatic N) is 3. The van der Waals surface area contributed by atoms with Crippen LogP contribution in [0.25, 0.3) is 0 Å². The van der Waals surface area contributed by atoms with Crippen LogP contribution in [-0.2, 0) is 15.1 Å². The number of rotatable bonds is 17. The molecule has 0 heterocycles. The van der Waals surface area contributed by atoms with Gasteiger partial charge in [0.25, 0.3) is 5.24 Å². The van der Waals surface area contributed by atoms with E-state index in [4.69, 9.17) is 0 Å². The fourth-order valence-electron chi connectivity index (χ4n) is 3.43. The number of carboxylic acid groups (broad SMARTS) is 1. The first kappa shape index (κ1) is 29.7. The fourth-order valence-corrected chi connectivity index (χ4v) is 7.28. The van der Waals surface area contributed by atoms with Crippen molar-refractivity contribution in [3.8, 4) is 0 Å². The van der Waals surface area contributed by atoms with Crippen LogP contribution in [0.3, 0.4) is 0 Å². The molecule has 1 unspecified atom stereocenters. The Morgan fingerprint density at radius 2 is 1.44 bits per heavy atom. The van der Waals surface area contributed by atoms with Gasteiger partial charge < -0.3 is 10.0 Å². The molecule has 1 rings (SSSR count). The molecule has 0 spiro atoms. The summed E-state index contributed by atoms with van der Waals surface area (Å²) in [5, 5.41) is 9.44. The standard InChI is InChI=1S/C25H36N3O4PS/c1-6-16-26(17-7-2)33(32,27(18-8-3)19-9-4)21-28(23(10-5)24(29)30)25(31)34-20-22-14-12-11-13-15-22/h6-9,11-15,23H,1-4,10,16-21H2,5H3,(H,29,30). The Hall–Kier alpha value is -2.38. The molecule has 0 saturated carbocycles. The van der Waals surface area contributed by atoms with Crippen molar-refractivity contribution < 1.29 is 19.3 Å². The van der Waals surface area contributed by atoms with Crippen LogP contribution >= 0.6 is 19.2 Å². The maximum absolute atomic E-state index is 14.7. The summed E-state index contributed by atoms with van der Waals surface area (Å²) in [6.45, 7) is 17.9. The average molecular weight is 506 g/mol. The van der Waals surface area contributed by atoms with Crippen LogP contribution in [-0.4, -0.2) is 69.1 Å². The lowest BCUT2D eigenvalue weighted by Crippen LogP contribution is -2.47. The maximum atomic E-state index is 14.7. The van der Waals surface area contributed by atoms with Crippen LogP contribution in [0.2, 0.25) is 0 Å².